The summed E-state index contributed by atoms with van der Waals surface area (Å²) >= 11 is 0. The fraction of sp³-hybridized carbons (Fsp3) is 0. The molecule has 0 aromatic heterocycles. The third-order valence-electron chi connectivity index (χ3n) is 2.57. The van der Waals surface area contributed by atoms with Crippen LogP contribution in [-0.2, 0) is 0 Å². The number of hydrogen-bond acceptors (Lipinski definition) is 5. The highest BCUT2D eigenvalue weighted by molar-refractivity contribution is 5.86. The van der Waals surface area contributed by atoms with Crippen LogP contribution in [-0.4, -0.2) is 16.2 Å². The molecule has 1 N–H and O–H groups in total. The molecule has 2 rings (SSSR count). The fourth-order valence-electron chi connectivity index (χ4n) is 1.52. The van der Waals surface area contributed by atoms with E-state index in [9.17, 15) is 15.2 Å². The lowest BCUT2D eigenvalue weighted by Crippen LogP contribution is -1.90. The highest BCUT2D eigenvalue weighted by atomic mass is 16.6. The Morgan fingerprint density at radius 1 is 1.25 bits per heavy atom. The second-order valence-electron chi connectivity index (χ2n) is 3.92. The number of aliphatic imine (C=N–C) groups is 1. The number of rotatable bonds is 3. The molecule has 0 aliphatic carbocycles. The number of nitro groups is 1. The van der Waals surface area contributed by atoms with Crippen molar-refractivity contribution < 1.29 is 10.0 Å². The Kier molecular flexibility index (Phi) is 3.72. The monoisotopic (exact) mass is 267 g/mol. The van der Waals surface area contributed by atoms with Gasteiger partial charge in [0, 0.05) is 23.9 Å². The number of phenols is 1. The number of aromatic hydroxyl groups is 1. The SMILES string of the molecule is N#Cc1ccc(/N=C/c2cc([N+](=O)[O-])ccc2O)cc1. The van der Waals surface area contributed by atoms with Crippen molar-refractivity contribution >= 4 is 17.6 Å². The maximum absolute atomic E-state index is 10.7. The highest BCUT2D eigenvalue weighted by Gasteiger charge is 2.08. The number of nitriles is 1. The molecule has 0 heterocycles. The summed E-state index contributed by atoms with van der Waals surface area (Å²) in [4.78, 5) is 14.2. The molecule has 0 aliphatic heterocycles. The summed E-state index contributed by atoms with van der Waals surface area (Å²) < 4.78 is 0. The number of nitrogens with zero attached hydrogens (tertiary/aromatic N) is 3. The first-order valence-corrected chi connectivity index (χ1v) is 5.62. The summed E-state index contributed by atoms with van der Waals surface area (Å²) in [5, 5.41) is 28.9. The van der Waals surface area contributed by atoms with E-state index in [2.05, 4.69) is 4.99 Å². The van der Waals surface area contributed by atoms with Crippen molar-refractivity contribution in [3.63, 3.8) is 0 Å². The lowest BCUT2D eigenvalue weighted by atomic mass is 10.2. The van der Waals surface area contributed by atoms with E-state index in [1.54, 1.807) is 24.3 Å². The Bertz CT molecular complexity index is 715. The number of nitro benzene ring substituents is 1. The standard InChI is InChI=1S/C14H9N3O3/c15-8-10-1-3-12(4-2-10)16-9-11-7-13(17(19)20)5-6-14(11)18/h1-7,9,18H/b16-9+. The molecule has 0 bridgehead atoms. The first-order chi connectivity index (χ1) is 9.60. The molecule has 0 unspecified atom stereocenters. The van der Waals surface area contributed by atoms with Crippen LogP contribution in [0.15, 0.2) is 47.5 Å². The van der Waals surface area contributed by atoms with E-state index < -0.39 is 4.92 Å². The van der Waals surface area contributed by atoms with Gasteiger partial charge < -0.3 is 5.11 Å². The first-order valence-electron chi connectivity index (χ1n) is 5.62. The van der Waals surface area contributed by atoms with Crippen molar-refractivity contribution in [3.8, 4) is 11.8 Å². The van der Waals surface area contributed by atoms with Gasteiger partial charge in [-0.2, -0.15) is 5.26 Å². The van der Waals surface area contributed by atoms with Gasteiger partial charge in [0.15, 0.2) is 0 Å². The summed E-state index contributed by atoms with van der Waals surface area (Å²) in [6.45, 7) is 0. The van der Waals surface area contributed by atoms with Gasteiger partial charge >= 0.3 is 0 Å². The quantitative estimate of drug-likeness (QED) is 0.525. The van der Waals surface area contributed by atoms with Crippen LogP contribution in [0.2, 0.25) is 0 Å². The van der Waals surface area contributed by atoms with Crippen LogP contribution in [0.25, 0.3) is 0 Å². The molecule has 0 atom stereocenters. The van der Waals surface area contributed by atoms with Gasteiger partial charge in [-0.15, -0.1) is 0 Å². The van der Waals surface area contributed by atoms with Crippen molar-refractivity contribution in [2.24, 2.45) is 4.99 Å². The smallest absolute Gasteiger partial charge is 0.270 e. The normalized spacial score (nSPS) is 10.3. The van der Waals surface area contributed by atoms with Crippen LogP contribution in [0.5, 0.6) is 5.75 Å². The number of benzene rings is 2. The molecule has 6 nitrogen and oxygen atoms in total. The van der Waals surface area contributed by atoms with Crippen LogP contribution < -0.4 is 0 Å². The molecular weight excluding hydrogens is 258 g/mol. The first kappa shape index (κ1) is 13.2. The van der Waals surface area contributed by atoms with Gasteiger partial charge in [0.05, 0.1) is 22.2 Å². The van der Waals surface area contributed by atoms with E-state index in [0.29, 0.717) is 11.3 Å². The van der Waals surface area contributed by atoms with Crippen molar-refractivity contribution in [2.45, 2.75) is 0 Å². The number of hydrogen-bond donors (Lipinski definition) is 1. The van der Waals surface area contributed by atoms with Crippen molar-refractivity contribution in [2.75, 3.05) is 0 Å². The minimum atomic E-state index is -0.543. The van der Waals surface area contributed by atoms with Crippen molar-refractivity contribution in [1.29, 1.82) is 5.26 Å². The average molecular weight is 267 g/mol. The fourth-order valence-corrected chi connectivity index (χ4v) is 1.52. The van der Waals surface area contributed by atoms with Crippen molar-refractivity contribution in [3.05, 3.63) is 63.7 Å². The minimum Gasteiger partial charge on any atom is -0.507 e. The second-order valence-corrected chi connectivity index (χ2v) is 3.92. The second kappa shape index (κ2) is 5.63. The van der Waals surface area contributed by atoms with Crippen LogP contribution in [0.4, 0.5) is 11.4 Å². The Labute approximate surface area is 114 Å². The molecule has 20 heavy (non-hydrogen) atoms. The zero-order valence-electron chi connectivity index (χ0n) is 10.2. The molecule has 98 valence electrons. The lowest BCUT2D eigenvalue weighted by molar-refractivity contribution is -0.384. The highest BCUT2D eigenvalue weighted by Crippen LogP contribution is 2.22. The van der Waals surface area contributed by atoms with Crippen LogP contribution in [0.1, 0.15) is 11.1 Å². The largest absolute Gasteiger partial charge is 0.507 e. The summed E-state index contributed by atoms with van der Waals surface area (Å²) in [5.41, 5.74) is 1.23. The van der Waals surface area contributed by atoms with E-state index in [1.165, 1.54) is 24.4 Å². The van der Waals surface area contributed by atoms with Crippen LogP contribution in [0.3, 0.4) is 0 Å². The van der Waals surface area contributed by atoms with Gasteiger partial charge in [-0.3, -0.25) is 15.1 Å². The van der Waals surface area contributed by atoms with E-state index >= 15 is 0 Å². The summed E-state index contributed by atoms with van der Waals surface area (Å²) in [6.07, 6.45) is 1.34. The maximum atomic E-state index is 10.7. The topological polar surface area (TPSA) is 99.5 Å². The molecule has 0 aliphatic rings. The van der Waals surface area contributed by atoms with Gasteiger partial charge in [-0.25, -0.2) is 0 Å². The van der Waals surface area contributed by atoms with E-state index in [0.717, 1.165) is 0 Å². The number of non-ortho nitro benzene ring substituents is 1. The van der Waals surface area contributed by atoms with Gasteiger partial charge in [-0.1, -0.05) is 0 Å². The van der Waals surface area contributed by atoms with E-state index in [1.807, 2.05) is 6.07 Å². The lowest BCUT2D eigenvalue weighted by Gasteiger charge is -1.99. The van der Waals surface area contributed by atoms with Gasteiger partial charge in [0.25, 0.3) is 5.69 Å². The molecule has 2 aromatic rings. The predicted molar refractivity (Wildman–Crippen MR) is 73.2 cm³/mol. The molecule has 0 radical (unpaired) electrons. The Hall–Kier alpha value is -3.20. The third kappa shape index (κ3) is 2.97. The van der Waals surface area contributed by atoms with Gasteiger partial charge in [0.1, 0.15) is 5.75 Å². The third-order valence-corrected chi connectivity index (χ3v) is 2.57. The molecule has 0 spiro atoms. The van der Waals surface area contributed by atoms with Crippen LogP contribution >= 0.6 is 0 Å². The molecule has 0 fully saturated rings. The Morgan fingerprint density at radius 2 is 1.95 bits per heavy atom. The van der Waals surface area contributed by atoms with Crippen LogP contribution in [0, 0.1) is 21.4 Å². The zero-order chi connectivity index (χ0) is 14.5. The minimum absolute atomic E-state index is 0.0898. The summed E-state index contributed by atoms with van der Waals surface area (Å²) in [6, 6.07) is 12.2. The van der Waals surface area contributed by atoms with Crippen molar-refractivity contribution in [1.82, 2.24) is 0 Å². The predicted octanol–water partition coefficient (Wildman–Crippen LogP) is 2.92. The average Bonchev–Trinajstić information content (AvgIpc) is 2.46. The number of phenolic OH excluding ortho intramolecular Hbond substituents is 1. The zero-order valence-corrected chi connectivity index (χ0v) is 10.2. The summed E-state index contributed by atoms with van der Waals surface area (Å²) in [5.74, 6) is -0.0898. The van der Waals surface area contributed by atoms with E-state index in [4.69, 9.17) is 5.26 Å². The Balaban J connectivity index is 2.28. The molecular formula is C14H9N3O3. The van der Waals surface area contributed by atoms with E-state index in [-0.39, 0.29) is 17.0 Å². The Morgan fingerprint density at radius 3 is 2.55 bits per heavy atom. The maximum Gasteiger partial charge on any atom is 0.270 e. The molecule has 0 saturated carbocycles. The van der Waals surface area contributed by atoms with Gasteiger partial charge in [0.2, 0.25) is 0 Å². The molecule has 2 aromatic carbocycles. The van der Waals surface area contributed by atoms with Gasteiger partial charge in [-0.05, 0) is 30.3 Å². The molecule has 6 heteroatoms. The molecule has 0 saturated heterocycles. The molecule has 0 amide bonds. The summed E-state index contributed by atoms with van der Waals surface area (Å²) in [7, 11) is 0.